The number of pyridine rings is 1. The molecule has 10 heteroatoms. The Labute approximate surface area is 214 Å². The molecule has 2 heterocycles. The molecule has 3 aromatic rings. The van der Waals surface area contributed by atoms with Gasteiger partial charge in [-0.15, -0.1) is 0 Å². The average Bonchev–Trinajstić information content (AvgIpc) is 3.32. The molecule has 36 heavy (non-hydrogen) atoms. The molecule has 1 aromatic carbocycles. The minimum atomic E-state index is -0.527. The number of benzene rings is 1. The summed E-state index contributed by atoms with van der Waals surface area (Å²) in [6.45, 7) is 1.22. The average molecular weight is 513 g/mol. The van der Waals surface area contributed by atoms with E-state index < -0.39 is 5.91 Å². The van der Waals surface area contributed by atoms with Crippen LogP contribution in [0.15, 0.2) is 40.9 Å². The van der Waals surface area contributed by atoms with Gasteiger partial charge in [0.05, 0.1) is 5.02 Å². The third kappa shape index (κ3) is 5.37. The smallest absolute Gasteiger partial charge is 0.292 e. The predicted octanol–water partition coefficient (Wildman–Crippen LogP) is 4.57. The van der Waals surface area contributed by atoms with E-state index in [1.807, 2.05) is 0 Å². The second-order valence-corrected chi connectivity index (χ2v) is 9.36. The summed E-state index contributed by atoms with van der Waals surface area (Å²) >= 11 is 5.86. The van der Waals surface area contributed by atoms with Crippen molar-refractivity contribution in [1.29, 1.82) is 0 Å². The van der Waals surface area contributed by atoms with Gasteiger partial charge < -0.3 is 14.8 Å². The van der Waals surface area contributed by atoms with Crippen LogP contribution in [0.5, 0.6) is 0 Å². The zero-order valence-electron chi connectivity index (χ0n) is 20.3. The molecule has 2 N–H and O–H groups in total. The maximum absolute atomic E-state index is 13.8. The number of anilines is 2. The highest BCUT2D eigenvalue weighted by Crippen LogP contribution is 2.37. The molecule has 0 radical (unpaired) electrons. The standard InChI is InChI=1S/C26H29ClN4O5/c1-16(33)30(2)31(26(35)18-6-4-3-5-7-18)23-17(12-13-32)8-9-19-14-21(36-24(19)23)25(34)29-22-11-10-20(27)15-28-22/h8-11,14-15,18,32H,3-7,12-13H2,1-2H3,(H,28,29,34). The van der Waals surface area contributed by atoms with Gasteiger partial charge in [-0.2, -0.15) is 0 Å². The monoisotopic (exact) mass is 512 g/mol. The van der Waals surface area contributed by atoms with Crippen LogP contribution < -0.4 is 10.3 Å². The summed E-state index contributed by atoms with van der Waals surface area (Å²) in [6, 6.07) is 8.29. The normalized spacial score (nSPS) is 14.0. The first kappa shape index (κ1) is 25.7. The third-order valence-corrected chi connectivity index (χ3v) is 6.67. The van der Waals surface area contributed by atoms with Gasteiger partial charge in [0.2, 0.25) is 11.8 Å². The lowest BCUT2D eigenvalue weighted by Crippen LogP contribution is -2.50. The number of furan rings is 1. The molecule has 0 unspecified atom stereocenters. The second kappa shape index (κ2) is 11.1. The Kier molecular flexibility index (Phi) is 7.91. The Balaban J connectivity index is 1.79. The van der Waals surface area contributed by atoms with Gasteiger partial charge in [0.1, 0.15) is 11.5 Å². The maximum atomic E-state index is 13.8. The number of hydrogen-bond acceptors (Lipinski definition) is 6. The molecule has 0 aliphatic heterocycles. The molecule has 1 saturated carbocycles. The van der Waals surface area contributed by atoms with E-state index in [0.717, 1.165) is 32.1 Å². The highest BCUT2D eigenvalue weighted by atomic mass is 35.5. The summed E-state index contributed by atoms with van der Waals surface area (Å²) in [6.07, 6.45) is 6.12. The van der Waals surface area contributed by atoms with Crippen molar-refractivity contribution in [3.05, 3.63) is 52.9 Å². The van der Waals surface area contributed by atoms with E-state index in [9.17, 15) is 19.5 Å². The number of aromatic nitrogens is 1. The number of nitrogens with one attached hydrogen (secondary N) is 1. The SMILES string of the molecule is CC(=O)N(C)N(C(=O)C1CCCCC1)c1c(CCO)ccc2cc(C(=O)Nc3ccc(Cl)cn3)oc12. The van der Waals surface area contributed by atoms with Crippen molar-refractivity contribution in [3.63, 3.8) is 0 Å². The number of hydrogen-bond donors (Lipinski definition) is 2. The maximum Gasteiger partial charge on any atom is 0.292 e. The number of nitrogens with zero attached hydrogens (tertiary/aromatic N) is 3. The van der Waals surface area contributed by atoms with Gasteiger partial charge in [0.15, 0.2) is 11.3 Å². The summed E-state index contributed by atoms with van der Waals surface area (Å²) in [5.74, 6) is -0.972. The Morgan fingerprint density at radius 3 is 2.56 bits per heavy atom. The minimum absolute atomic E-state index is 0.0136. The highest BCUT2D eigenvalue weighted by molar-refractivity contribution is 6.30. The fraction of sp³-hybridized carbons (Fsp3) is 0.385. The number of amides is 3. The van der Waals surface area contributed by atoms with Crippen LogP contribution in [0.1, 0.15) is 55.1 Å². The molecule has 1 fully saturated rings. The summed E-state index contributed by atoms with van der Waals surface area (Å²) in [5.41, 5.74) is 1.27. The Bertz CT molecular complexity index is 1270. The topological polar surface area (TPSA) is 116 Å². The van der Waals surface area contributed by atoms with Crippen LogP contribution in [0.2, 0.25) is 5.02 Å². The summed E-state index contributed by atoms with van der Waals surface area (Å²) in [7, 11) is 1.54. The number of aliphatic hydroxyl groups is 1. The van der Waals surface area contributed by atoms with Crippen molar-refractivity contribution in [2.75, 3.05) is 24.0 Å². The van der Waals surface area contributed by atoms with Gasteiger partial charge in [-0.1, -0.05) is 43.0 Å². The predicted molar refractivity (Wildman–Crippen MR) is 137 cm³/mol. The van der Waals surface area contributed by atoms with Crippen LogP contribution in [0.25, 0.3) is 11.0 Å². The second-order valence-electron chi connectivity index (χ2n) is 8.92. The Hall–Kier alpha value is -3.43. The Morgan fingerprint density at radius 1 is 1.17 bits per heavy atom. The molecule has 1 aliphatic rings. The van der Waals surface area contributed by atoms with Crippen molar-refractivity contribution in [2.24, 2.45) is 5.92 Å². The van der Waals surface area contributed by atoms with E-state index in [-0.39, 0.29) is 42.1 Å². The van der Waals surface area contributed by atoms with Crippen molar-refractivity contribution in [1.82, 2.24) is 9.99 Å². The first-order valence-electron chi connectivity index (χ1n) is 12.0. The molecular weight excluding hydrogens is 484 g/mol. The lowest BCUT2D eigenvalue weighted by molar-refractivity contribution is -0.135. The molecule has 4 rings (SSSR count). The zero-order valence-corrected chi connectivity index (χ0v) is 21.0. The van der Waals surface area contributed by atoms with E-state index in [4.69, 9.17) is 16.0 Å². The van der Waals surface area contributed by atoms with Crippen molar-refractivity contribution < 1.29 is 23.9 Å². The fourth-order valence-electron chi connectivity index (χ4n) is 4.49. The van der Waals surface area contributed by atoms with E-state index in [0.29, 0.717) is 27.5 Å². The number of rotatable bonds is 6. The molecule has 0 bridgehead atoms. The van der Waals surface area contributed by atoms with Gasteiger partial charge in [-0.05, 0) is 43.0 Å². The summed E-state index contributed by atoms with van der Waals surface area (Å²) in [5, 5.41) is 16.0. The molecule has 1 aliphatic carbocycles. The quantitative estimate of drug-likeness (QED) is 0.467. The van der Waals surface area contributed by atoms with E-state index in [1.54, 1.807) is 30.3 Å². The van der Waals surface area contributed by atoms with Crippen LogP contribution in [-0.4, -0.2) is 46.5 Å². The Morgan fingerprint density at radius 2 is 1.92 bits per heavy atom. The summed E-state index contributed by atoms with van der Waals surface area (Å²) in [4.78, 5) is 43.2. The number of aliphatic hydroxyl groups excluding tert-OH is 1. The molecule has 2 aromatic heterocycles. The van der Waals surface area contributed by atoms with Crippen LogP contribution in [0.3, 0.4) is 0 Å². The van der Waals surface area contributed by atoms with Crippen molar-refractivity contribution in [2.45, 2.75) is 45.4 Å². The third-order valence-electron chi connectivity index (χ3n) is 6.45. The number of hydrazine groups is 1. The number of carbonyl (C=O) groups is 3. The van der Waals surface area contributed by atoms with Gasteiger partial charge in [-0.3, -0.25) is 19.4 Å². The minimum Gasteiger partial charge on any atom is -0.449 e. The van der Waals surface area contributed by atoms with E-state index in [1.165, 1.54) is 30.2 Å². The van der Waals surface area contributed by atoms with Crippen LogP contribution in [0.4, 0.5) is 11.5 Å². The van der Waals surface area contributed by atoms with Gasteiger partial charge in [0, 0.05) is 38.1 Å². The number of fused-ring (bicyclic) bond motifs is 1. The summed E-state index contributed by atoms with van der Waals surface area (Å²) < 4.78 is 6.01. The number of carbonyl (C=O) groups excluding carboxylic acids is 3. The van der Waals surface area contributed by atoms with Gasteiger partial charge >= 0.3 is 0 Å². The van der Waals surface area contributed by atoms with Crippen LogP contribution in [-0.2, 0) is 16.0 Å². The van der Waals surface area contributed by atoms with Crippen LogP contribution in [0, 0.1) is 5.92 Å². The van der Waals surface area contributed by atoms with E-state index in [2.05, 4.69) is 10.3 Å². The lowest BCUT2D eigenvalue weighted by Gasteiger charge is -2.36. The van der Waals surface area contributed by atoms with Gasteiger partial charge in [-0.25, -0.2) is 9.99 Å². The molecular formula is C26H29ClN4O5. The molecule has 0 spiro atoms. The molecule has 0 saturated heterocycles. The van der Waals surface area contributed by atoms with Crippen LogP contribution >= 0.6 is 11.6 Å². The molecule has 190 valence electrons. The molecule has 3 amide bonds. The highest BCUT2D eigenvalue weighted by Gasteiger charge is 2.34. The van der Waals surface area contributed by atoms with Crippen molar-refractivity contribution in [3.8, 4) is 0 Å². The first-order chi connectivity index (χ1) is 17.3. The lowest BCUT2D eigenvalue weighted by atomic mass is 9.88. The fourth-order valence-corrected chi connectivity index (χ4v) is 4.61. The van der Waals surface area contributed by atoms with E-state index >= 15 is 0 Å². The van der Waals surface area contributed by atoms with Crippen molar-refractivity contribution >= 4 is 51.8 Å². The molecule has 0 atom stereocenters. The first-order valence-corrected chi connectivity index (χ1v) is 12.3. The van der Waals surface area contributed by atoms with Gasteiger partial charge in [0.25, 0.3) is 5.91 Å². The number of halogens is 1. The molecule has 9 nitrogen and oxygen atoms in total. The zero-order chi connectivity index (χ0) is 25.8. The largest absolute Gasteiger partial charge is 0.449 e.